The van der Waals surface area contributed by atoms with Crippen LogP contribution in [-0.4, -0.2) is 28.8 Å². The predicted molar refractivity (Wildman–Crippen MR) is 66.0 cm³/mol. The molecule has 2 rings (SSSR count). The molecule has 1 saturated heterocycles. The fourth-order valence-corrected chi connectivity index (χ4v) is 2.50. The molecular formula is C13H12F4N2O3. The van der Waals surface area contributed by atoms with Crippen molar-refractivity contribution in [3.63, 3.8) is 0 Å². The zero-order valence-electron chi connectivity index (χ0n) is 11.2. The molecular weight excluding hydrogens is 308 g/mol. The molecule has 120 valence electrons. The molecule has 0 unspecified atom stereocenters. The third kappa shape index (κ3) is 2.63. The fourth-order valence-electron chi connectivity index (χ4n) is 2.50. The average molecular weight is 320 g/mol. The predicted octanol–water partition coefficient (Wildman–Crippen LogP) is 1.64. The van der Waals surface area contributed by atoms with E-state index in [0.29, 0.717) is 0 Å². The van der Waals surface area contributed by atoms with Crippen LogP contribution < -0.4 is 10.6 Å². The van der Waals surface area contributed by atoms with Crippen molar-refractivity contribution < 1.29 is 32.3 Å². The highest BCUT2D eigenvalue weighted by atomic mass is 19.4. The Labute approximate surface area is 122 Å². The van der Waals surface area contributed by atoms with Gasteiger partial charge in [-0.1, -0.05) is 12.1 Å². The molecule has 1 fully saturated rings. The lowest BCUT2D eigenvalue weighted by atomic mass is 9.79. The average Bonchev–Trinajstić information content (AvgIpc) is 2.35. The van der Waals surface area contributed by atoms with Gasteiger partial charge in [0.2, 0.25) is 5.72 Å². The number of Topliss-reactive ketones (excluding diaryl/α,β-unsaturated/α-hetero) is 1. The Bertz CT molecular complexity index is 620. The summed E-state index contributed by atoms with van der Waals surface area (Å²) in [6.07, 6.45) is -5.29. The Morgan fingerprint density at radius 1 is 1.36 bits per heavy atom. The first-order chi connectivity index (χ1) is 10.1. The Hall–Kier alpha value is -2.16. The van der Waals surface area contributed by atoms with E-state index in [0.717, 1.165) is 19.1 Å². The fraction of sp³-hybridized carbons (Fsp3) is 0.385. The Morgan fingerprint density at radius 2 is 2.00 bits per heavy atom. The number of alkyl halides is 3. The van der Waals surface area contributed by atoms with Crippen molar-refractivity contribution in [1.82, 2.24) is 10.6 Å². The lowest BCUT2D eigenvalue weighted by molar-refractivity contribution is -0.290. The smallest absolute Gasteiger partial charge is 0.363 e. The minimum Gasteiger partial charge on any atom is -0.363 e. The molecule has 0 aromatic heterocycles. The summed E-state index contributed by atoms with van der Waals surface area (Å²) in [7, 11) is 0. The number of hydrogen-bond acceptors (Lipinski definition) is 3. The van der Waals surface area contributed by atoms with Crippen LogP contribution in [0.25, 0.3) is 0 Å². The van der Waals surface area contributed by atoms with Crippen LogP contribution in [0.3, 0.4) is 0 Å². The second-order valence-corrected chi connectivity index (χ2v) is 4.98. The van der Waals surface area contributed by atoms with E-state index in [1.165, 1.54) is 17.4 Å². The molecule has 0 radical (unpaired) electrons. The van der Waals surface area contributed by atoms with E-state index in [1.807, 2.05) is 0 Å². The Kier molecular flexibility index (Phi) is 3.86. The molecule has 3 N–H and O–H groups in total. The monoisotopic (exact) mass is 320 g/mol. The summed E-state index contributed by atoms with van der Waals surface area (Å²) in [5, 5.41) is 13.4. The topological polar surface area (TPSA) is 78.4 Å². The van der Waals surface area contributed by atoms with Crippen LogP contribution in [0.5, 0.6) is 0 Å². The number of aliphatic hydroxyl groups is 1. The second kappa shape index (κ2) is 5.24. The van der Waals surface area contributed by atoms with Gasteiger partial charge in [0.1, 0.15) is 11.6 Å². The van der Waals surface area contributed by atoms with Crippen LogP contribution in [0.2, 0.25) is 0 Å². The van der Waals surface area contributed by atoms with E-state index in [2.05, 4.69) is 5.32 Å². The molecule has 9 heteroatoms. The molecule has 0 spiro atoms. The van der Waals surface area contributed by atoms with Gasteiger partial charge in [0, 0.05) is 0 Å². The van der Waals surface area contributed by atoms with Gasteiger partial charge in [0.05, 0.1) is 12.0 Å². The molecule has 5 nitrogen and oxygen atoms in total. The summed E-state index contributed by atoms with van der Waals surface area (Å²) < 4.78 is 52.8. The molecule has 22 heavy (non-hydrogen) atoms. The number of amides is 2. The van der Waals surface area contributed by atoms with Crippen molar-refractivity contribution in [2.45, 2.75) is 24.9 Å². The third-order valence-electron chi connectivity index (χ3n) is 3.45. The van der Waals surface area contributed by atoms with Crippen molar-refractivity contribution in [2.75, 3.05) is 0 Å². The molecule has 1 aliphatic rings. The van der Waals surface area contributed by atoms with E-state index < -0.39 is 41.5 Å². The van der Waals surface area contributed by atoms with Gasteiger partial charge in [-0.05, 0) is 24.6 Å². The van der Waals surface area contributed by atoms with Gasteiger partial charge in [-0.3, -0.25) is 4.79 Å². The Balaban J connectivity index is 2.57. The standard InChI is InChI=1S/C13H12F4N2O3/c1-6(20)9-10(7-3-2-4-8(14)5-7)18-11(21)19-12(9,22)13(15,16)17/h2-5,9-10,22H,1H3,(H2,18,19,21)/t9-,10-,12+/m0/s1. The van der Waals surface area contributed by atoms with Gasteiger partial charge in [0.25, 0.3) is 0 Å². The zero-order valence-corrected chi connectivity index (χ0v) is 11.2. The van der Waals surface area contributed by atoms with Crippen LogP contribution in [0.4, 0.5) is 22.4 Å². The summed E-state index contributed by atoms with van der Waals surface area (Å²) in [5.41, 5.74) is -3.80. The summed E-state index contributed by atoms with van der Waals surface area (Å²) >= 11 is 0. The normalized spacial score (nSPS) is 28.7. The van der Waals surface area contributed by atoms with Crippen LogP contribution in [0, 0.1) is 11.7 Å². The minimum atomic E-state index is -5.29. The van der Waals surface area contributed by atoms with Gasteiger partial charge in [-0.25, -0.2) is 9.18 Å². The third-order valence-corrected chi connectivity index (χ3v) is 3.45. The van der Waals surface area contributed by atoms with E-state index in [-0.39, 0.29) is 5.56 Å². The number of benzene rings is 1. The van der Waals surface area contributed by atoms with Gasteiger partial charge in [-0.15, -0.1) is 0 Å². The number of nitrogens with one attached hydrogen (secondary N) is 2. The van der Waals surface area contributed by atoms with Crippen molar-refractivity contribution in [1.29, 1.82) is 0 Å². The first-order valence-corrected chi connectivity index (χ1v) is 6.20. The number of halogens is 4. The number of urea groups is 1. The molecule has 0 aliphatic carbocycles. The first-order valence-electron chi connectivity index (χ1n) is 6.20. The molecule has 1 aliphatic heterocycles. The minimum absolute atomic E-state index is 0.0577. The quantitative estimate of drug-likeness (QED) is 0.725. The van der Waals surface area contributed by atoms with Gasteiger partial charge < -0.3 is 15.7 Å². The van der Waals surface area contributed by atoms with Gasteiger partial charge in [0.15, 0.2) is 0 Å². The van der Waals surface area contributed by atoms with Crippen molar-refractivity contribution in [2.24, 2.45) is 5.92 Å². The highest BCUT2D eigenvalue weighted by Crippen LogP contribution is 2.42. The molecule has 2 amide bonds. The van der Waals surface area contributed by atoms with Gasteiger partial charge >= 0.3 is 12.2 Å². The first kappa shape index (κ1) is 16.2. The van der Waals surface area contributed by atoms with Crippen molar-refractivity contribution in [3.8, 4) is 0 Å². The maximum atomic E-state index is 13.3. The number of carbonyl (C=O) groups is 2. The summed E-state index contributed by atoms with van der Waals surface area (Å²) in [6.45, 7) is 0.854. The molecule has 3 atom stereocenters. The molecule has 1 heterocycles. The molecule has 0 bridgehead atoms. The SMILES string of the molecule is CC(=O)[C@H]1[C@H](c2cccc(F)c2)NC(=O)N[C@]1(O)C(F)(F)F. The molecule has 1 aromatic rings. The zero-order chi connectivity index (χ0) is 16.7. The molecule has 1 aromatic carbocycles. The van der Waals surface area contributed by atoms with E-state index >= 15 is 0 Å². The number of ketones is 1. The maximum Gasteiger partial charge on any atom is 0.437 e. The van der Waals surface area contributed by atoms with Crippen LogP contribution in [0.15, 0.2) is 24.3 Å². The van der Waals surface area contributed by atoms with Crippen LogP contribution >= 0.6 is 0 Å². The van der Waals surface area contributed by atoms with Gasteiger partial charge in [-0.2, -0.15) is 13.2 Å². The summed E-state index contributed by atoms with van der Waals surface area (Å²) in [5.74, 6) is -3.82. The second-order valence-electron chi connectivity index (χ2n) is 4.98. The highest BCUT2D eigenvalue weighted by Gasteiger charge is 2.65. The van der Waals surface area contributed by atoms with Crippen molar-refractivity contribution in [3.05, 3.63) is 35.6 Å². The maximum absolute atomic E-state index is 13.3. The molecule has 0 saturated carbocycles. The van der Waals surface area contributed by atoms with E-state index in [4.69, 9.17) is 0 Å². The lowest BCUT2D eigenvalue weighted by Crippen LogP contribution is -2.72. The van der Waals surface area contributed by atoms with Crippen molar-refractivity contribution >= 4 is 11.8 Å². The Morgan fingerprint density at radius 3 is 2.50 bits per heavy atom. The van der Waals surface area contributed by atoms with Crippen LogP contribution in [0.1, 0.15) is 18.5 Å². The van der Waals surface area contributed by atoms with Crippen LogP contribution in [-0.2, 0) is 4.79 Å². The summed E-state index contributed by atoms with van der Waals surface area (Å²) in [6, 6.07) is 1.60. The number of rotatable bonds is 2. The number of carbonyl (C=O) groups excluding carboxylic acids is 2. The van der Waals surface area contributed by atoms with E-state index in [9.17, 15) is 32.3 Å². The number of hydrogen-bond donors (Lipinski definition) is 3. The lowest BCUT2D eigenvalue weighted by Gasteiger charge is -2.44. The van der Waals surface area contributed by atoms with E-state index in [1.54, 1.807) is 0 Å². The largest absolute Gasteiger partial charge is 0.437 e. The highest BCUT2D eigenvalue weighted by molar-refractivity contribution is 5.86. The summed E-state index contributed by atoms with van der Waals surface area (Å²) in [4.78, 5) is 23.2.